The van der Waals surface area contributed by atoms with Gasteiger partial charge in [0, 0.05) is 13.1 Å². The second-order valence-electron chi connectivity index (χ2n) is 6.50. The summed E-state index contributed by atoms with van der Waals surface area (Å²) >= 11 is 1.04. The third-order valence-electron chi connectivity index (χ3n) is 4.43. The van der Waals surface area contributed by atoms with Crippen LogP contribution in [-0.2, 0) is 14.8 Å². The summed E-state index contributed by atoms with van der Waals surface area (Å²) in [6.45, 7) is 5.72. The minimum absolute atomic E-state index is 0.00557. The summed E-state index contributed by atoms with van der Waals surface area (Å²) in [5, 5.41) is 10.2. The number of sulfonamides is 1. The molecule has 1 aromatic rings. The number of aliphatic carboxylic acids is 1. The molecule has 1 saturated heterocycles. The standard InChI is InChI=1S/C14H21NO5S2/c1-13(2,3)14(12(16)17)7-8-15(9-14)22(18,19)11-6-5-10(20-4)21-11/h5-6H,7-9H2,1-4H3,(H,16,17). The van der Waals surface area contributed by atoms with Crippen LogP contribution in [0.25, 0.3) is 0 Å². The molecule has 0 saturated carbocycles. The van der Waals surface area contributed by atoms with E-state index in [0.29, 0.717) is 11.5 Å². The van der Waals surface area contributed by atoms with E-state index in [-0.39, 0.29) is 17.3 Å². The number of methoxy groups -OCH3 is 1. The summed E-state index contributed by atoms with van der Waals surface area (Å²) in [6, 6.07) is 3.10. The van der Waals surface area contributed by atoms with Crippen LogP contribution in [0.5, 0.6) is 5.06 Å². The average molecular weight is 347 g/mol. The quantitative estimate of drug-likeness (QED) is 0.903. The molecule has 0 aromatic carbocycles. The lowest BCUT2D eigenvalue weighted by Gasteiger charge is -2.37. The fraction of sp³-hybridized carbons (Fsp3) is 0.643. The number of thiophene rings is 1. The van der Waals surface area contributed by atoms with Gasteiger partial charge in [0.15, 0.2) is 5.06 Å². The maximum atomic E-state index is 12.7. The Bertz CT molecular complexity index is 674. The van der Waals surface area contributed by atoms with Gasteiger partial charge in [0.1, 0.15) is 4.21 Å². The Hall–Kier alpha value is -1.12. The molecule has 0 aliphatic carbocycles. The number of nitrogens with zero attached hydrogens (tertiary/aromatic N) is 1. The van der Waals surface area contributed by atoms with Gasteiger partial charge < -0.3 is 9.84 Å². The normalized spacial score (nSPS) is 23.6. The topological polar surface area (TPSA) is 83.9 Å². The third kappa shape index (κ3) is 2.63. The summed E-state index contributed by atoms with van der Waals surface area (Å²) < 4.78 is 31.9. The van der Waals surface area contributed by atoms with Crippen molar-refractivity contribution in [2.24, 2.45) is 10.8 Å². The molecule has 1 aliphatic heterocycles. The molecule has 1 N–H and O–H groups in total. The lowest BCUT2D eigenvalue weighted by molar-refractivity contribution is -0.154. The lowest BCUT2D eigenvalue weighted by atomic mass is 9.66. The van der Waals surface area contributed by atoms with Gasteiger partial charge >= 0.3 is 5.97 Å². The molecule has 1 aliphatic rings. The van der Waals surface area contributed by atoms with Gasteiger partial charge in [-0.3, -0.25) is 4.79 Å². The van der Waals surface area contributed by atoms with Crippen molar-refractivity contribution in [1.29, 1.82) is 0 Å². The van der Waals surface area contributed by atoms with Crippen molar-refractivity contribution in [2.75, 3.05) is 20.2 Å². The van der Waals surface area contributed by atoms with E-state index in [1.807, 2.05) is 20.8 Å². The van der Waals surface area contributed by atoms with Crippen molar-refractivity contribution in [3.05, 3.63) is 12.1 Å². The van der Waals surface area contributed by atoms with E-state index in [2.05, 4.69) is 0 Å². The lowest BCUT2D eigenvalue weighted by Crippen LogP contribution is -2.45. The third-order valence-corrected chi connectivity index (χ3v) is 7.79. The van der Waals surface area contributed by atoms with Gasteiger partial charge in [-0.25, -0.2) is 8.42 Å². The second kappa shape index (κ2) is 5.50. The van der Waals surface area contributed by atoms with Gasteiger partial charge in [-0.1, -0.05) is 32.1 Å². The maximum absolute atomic E-state index is 12.7. The molecule has 0 radical (unpaired) electrons. The van der Waals surface area contributed by atoms with Crippen molar-refractivity contribution in [1.82, 2.24) is 4.31 Å². The van der Waals surface area contributed by atoms with E-state index < -0.39 is 26.8 Å². The molecule has 1 fully saturated rings. The zero-order chi connectivity index (χ0) is 16.8. The van der Waals surface area contributed by atoms with Crippen molar-refractivity contribution in [2.45, 2.75) is 31.4 Å². The number of ether oxygens (including phenoxy) is 1. The van der Waals surface area contributed by atoms with E-state index in [1.54, 1.807) is 6.07 Å². The fourth-order valence-corrected chi connectivity index (χ4v) is 5.52. The fourth-order valence-electron chi connectivity index (χ4n) is 2.77. The highest BCUT2D eigenvalue weighted by Crippen LogP contribution is 2.47. The highest BCUT2D eigenvalue weighted by Gasteiger charge is 2.55. The van der Waals surface area contributed by atoms with Crippen LogP contribution in [0.3, 0.4) is 0 Å². The van der Waals surface area contributed by atoms with Gasteiger partial charge in [0.2, 0.25) is 0 Å². The number of carbonyl (C=O) groups is 1. The molecule has 2 heterocycles. The van der Waals surface area contributed by atoms with Crippen molar-refractivity contribution in [3.63, 3.8) is 0 Å². The number of hydrogen-bond donors (Lipinski definition) is 1. The van der Waals surface area contributed by atoms with Crippen LogP contribution in [0.2, 0.25) is 0 Å². The molecular formula is C14H21NO5S2. The first-order valence-corrected chi connectivity index (χ1v) is 9.18. The first kappa shape index (κ1) is 17.2. The van der Waals surface area contributed by atoms with Crippen molar-refractivity contribution >= 4 is 27.3 Å². The van der Waals surface area contributed by atoms with Crippen LogP contribution in [-0.4, -0.2) is 44.0 Å². The first-order chi connectivity index (χ1) is 10.0. The molecule has 6 nitrogen and oxygen atoms in total. The van der Waals surface area contributed by atoms with Crippen LogP contribution in [0.15, 0.2) is 16.3 Å². The van der Waals surface area contributed by atoms with Crippen LogP contribution in [0, 0.1) is 10.8 Å². The Morgan fingerprint density at radius 1 is 1.41 bits per heavy atom. The molecule has 8 heteroatoms. The largest absolute Gasteiger partial charge is 0.487 e. The number of hydrogen-bond acceptors (Lipinski definition) is 5. The number of carboxylic acid groups (broad SMARTS) is 1. The molecule has 0 spiro atoms. The summed E-state index contributed by atoms with van der Waals surface area (Å²) in [7, 11) is -2.20. The van der Waals surface area contributed by atoms with E-state index in [0.717, 1.165) is 11.3 Å². The summed E-state index contributed by atoms with van der Waals surface area (Å²) in [6.07, 6.45) is 0.313. The Kier molecular flexibility index (Phi) is 4.31. The van der Waals surface area contributed by atoms with E-state index in [4.69, 9.17) is 4.74 Å². The maximum Gasteiger partial charge on any atom is 0.311 e. The Labute approximate surface area is 134 Å². The first-order valence-electron chi connectivity index (χ1n) is 6.92. The summed E-state index contributed by atoms with van der Waals surface area (Å²) in [5.41, 5.74) is -1.60. The van der Waals surface area contributed by atoms with Gasteiger partial charge in [-0.15, -0.1) is 0 Å². The smallest absolute Gasteiger partial charge is 0.311 e. The zero-order valence-electron chi connectivity index (χ0n) is 13.1. The molecule has 124 valence electrons. The minimum Gasteiger partial charge on any atom is -0.487 e. The number of rotatable bonds is 4. The monoisotopic (exact) mass is 347 g/mol. The van der Waals surface area contributed by atoms with Gasteiger partial charge in [-0.2, -0.15) is 4.31 Å². The molecule has 0 amide bonds. The molecule has 1 aromatic heterocycles. The predicted molar refractivity (Wildman–Crippen MR) is 83.8 cm³/mol. The second-order valence-corrected chi connectivity index (χ2v) is 9.71. The molecular weight excluding hydrogens is 326 g/mol. The molecule has 2 rings (SSSR count). The van der Waals surface area contributed by atoms with Crippen LogP contribution >= 0.6 is 11.3 Å². The van der Waals surface area contributed by atoms with Crippen molar-refractivity contribution < 1.29 is 23.1 Å². The molecule has 1 unspecified atom stereocenters. The zero-order valence-corrected chi connectivity index (χ0v) is 14.8. The average Bonchev–Trinajstić information content (AvgIpc) is 3.06. The Morgan fingerprint density at radius 2 is 2.05 bits per heavy atom. The Morgan fingerprint density at radius 3 is 2.45 bits per heavy atom. The van der Waals surface area contributed by atoms with E-state index in [9.17, 15) is 18.3 Å². The predicted octanol–water partition coefficient (Wildman–Crippen LogP) is 2.27. The summed E-state index contributed by atoms with van der Waals surface area (Å²) in [5.74, 6) is -0.943. The van der Waals surface area contributed by atoms with Crippen LogP contribution in [0.1, 0.15) is 27.2 Å². The SMILES string of the molecule is COc1ccc(S(=O)(=O)N2CCC(C(=O)O)(C(C)(C)C)C2)s1. The van der Waals surface area contributed by atoms with E-state index in [1.165, 1.54) is 17.5 Å². The highest BCUT2D eigenvalue weighted by atomic mass is 32.2. The van der Waals surface area contributed by atoms with Crippen LogP contribution < -0.4 is 4.74 Å². The van der Waals surface area contributed by atoms with E-state index >= 15 is 0 Å². The van der Waals surface area contributed by atoms with Gasteiger partial charge in [0.05, 0.1) is 12.5 Å². The summed E-state index contributed by atoms with van der Waals surface area (Å²) in [4.78, 5) is 11.8. The van der Waals surface area contributed by atoms with Crippen molar-refractivity contribution in [3.8, 4) is 5.06 Å². The minimum atomic E-state index is -3.68. The molecule has 0 bridgehead atoms. The molecule has 22 heavy (non-hydrogen) atoms. The Balaban J connectivity index is 2.34. The number of carboxylic acids is 1. The van der Waals surface area contributed by atoms with Crippen LogP contribution in [0.4, 0.5) is 0 Å². The molecule has 1 atom stereocenters. The van der Waals surface area contributed by atoms with Gasteiger partial charge in [0.25, 0.3) is 10.0 Å². The van der Waals surface area contributed by atoms with Gasteiger partial charge in [-0.05, 0) is 24.0 Å². The highest BCUT2D eigenvalue weighted by molar-refractivity contribution is 7.91.